The van der Waals surface area contributed by atoms with Gasteiger partial charge in [0.1, 0.15) is 12.4 Å². The number of fused-ring (bicyclic) bond motifs is 3. The van der Waals surface area contributed by atoms with Crippen molar-refractivity contribution in [3.63, 3.8) is 0 Å². The highest BCUT2D eigenvalue weighted by atomic mass is 19.1. The molecule has 0 radical (unpaired) electrons. The standard InChI is InChI=1S/C20H20FN3O3/c21-16-7-6-15-12-23(19(25)22-11-14-4-2-1-3-5-14)9-8-17-13-27-20(26)24(17)18(15)10-16/h1-7,10,17H,8-9,11-13H2,(H,22,25)/t17-/m0/s1. The van der Waals surface area contributed by atoms with Crippen molar-refractivity contribution >= 4 is 17.8 Å². The van der Waals surface area contributed by atoms with Gasteiger partial charge in [-0.05, 0) is 29.7 Å². The Morgan fingerprint density at radius 1 is 1.22 bits per heavy atom. The molecule has 27 heavy (non-hydrogen) atoms. The molecule has 0 bridgehead atoms. The third-order valence-corrected chi connectivity index (χ3v) is 4.94. The van der Waals surface area contributed by atoms with Crippen LogP contribution in [0, 0.1) is 5.82 Å². The zero-order chi connectivity index (χ0) is 18.8. The molecule has 0 aromatic heterocycles. The maximum atomic E-state index is 13.8. The Bertz CT molecular complexity index is 859. The van der Waals surface area contributed by atoms with Gasteiger partial charge in [0.05, 0.1) is 11.7 Å². The summed E-state index contributed by atoms with van der Waals surface area (Å²) < 4.78 is 19.0. The normalized spacial score (nSPS) is 18.9. The minimum absolute atomic E-state index is 0.187. The lowest BCUT2D eigenvalue weighted by molar-refractivity contribution is 0.176. The first kappa shape index (κ1) is 17.3. The van der Waals surface area contributed by atoms with E-state index in [-0.39, 0.29) is 18.7 Å². The molecule has 2 aliphatic heterocycles. The van der Waals surface area contributed by atoms with Crippen LogP contribution in [-0.4, -0.2) is 36.2 Å². The van der Waals surface area contributed by atoms with Gasteiger partial charge >= 0.3 is 12.1 Å². The number of ether oxygens (including phenoxy) is 1. The molecule has 1 atom stereocenters. The van der Waals surface area contributed by atoms with Gasteiger partial charge in [0.15, 0.2) is 0 Å². The van der Waals surface area contributed by atoms with Crippen molar-refractivity contribution in [2.45, 2.75) is 25.6 Å². The lowest BCUT2D eigenvalue weighted by atomic mass is 10.1. The topological polar surface area (TPSA) is 61.9 Å². The van der Waals surface area contributed by atoms with E-state index in [0.717, 1.165) is 11.1 Å². The zero-order valence-corrected chi connectivity index (χ0v) is 14.7. The molecule has 3 amide bonds. The number of anilines is 1. The molecule has 0 spiro atoms. The van der Waals surface area contributed by atoms with Crippen molar-refractivity contribution in [1.29, 1.82) is 0 Å². The summed E-state index contributed by atoms with van der Waals surface area (Å²) in [6.07, 6.45) is 0.106. The summed E-state index contributed by atoms with van der Waals surface area (Å²) >= 11 is 0. The van der Waals surface area contributed by atoms with Gasteiger partial charge in [0.25, 0.3) is 0 Å². The number of rotatable bonds is 2. The average Bonchev–Trinajstić information content (AvgIpc) is 3.03. The average molecular weight is 369 g/mol. The molecule has 0 aliphatic carbocycles. The van der Waals surface area contributed by atoms with Gasteiger partial charge in [-0.2, -0.15) is 0 Å². The van der Waals surface area contributed by atoms with Gasteiger partial charge in [-0.25, -0.2) is 14.0 Å². The van der Waals surface area contributed by atoms with Gasteiger partial charge < -0.3 is 15.0 Å². The predicted octanol–water partition coefficient (Wildman–Crippen LogP) is 3.27. The fraction of sp³-hybridized carbons (Fsp3) is 0.300. The van der Waals surface area contributed by atoms with Crippen molar-refractivity contribution < 1.29 is 18.7 Å². The molecule has 1 saturated heterocycles. The van der Waals surface area contributed by atoms with Crippen molar-refractivity contribution in [2.24, 2.45) is 0 Å². The predicted molar refractivity (Wildman–Crippen MR) is 97.7 cm³/mol. The van der Waals surface area contributed by atoms with E-state index >= 15 is 0 Å². The van der Waals surface area contributed by atoms with E-state index in [1.807, 2.05) is 30.3 Å². The molecule has 7 heteroatoms. The van der Waals surface area contributed by atoms with Gasteiger partial charge in [-0.1, -0.05) is 36.4 Å². The highest BCUT2D eigenvalue weighted by molar-refractivity contribution is 5.91. The second kappa shape index (κ2) is 7.26. The molecule has 2 heterocycles. The fourth-order valence-electron chi connectivity index (χ4n) is 3.51. The molecule has 6 nitrogen and oxygen atoms in total. The third kappa shape index (κ3) is 3.58. The number of nitrogens with one attached hydrogen (secondary N) is 1. The van der Waals surface area contributed by atoms with E-state index in [4.69, 9.17) is 4.74 Å². The van der Waals surface area contributed by atoms with Crippen LogP contribution in [0.1, 0.15) is 17.5 Å². The molecule has 2 aromatic rings. The highest BCUT2D eigenvalue weighted by Gasteiger charge is 2.37. The Morgan fingerprint density at radius 3 is 2.85 bits per heavy atom. The summed E-state index contributed by atoms with van der Waals surface area (Å²) in [6.45, 7) is 1.46. The van der Waals surface area contributed by atoms with Gasteiger partial charge in [0.2, 0.25) is 0 Å². The summed E-state index contributed by atoms with van der Waals surface area (Å²) in [5.74, 6) is -0.423. The lowest BCUT2D eigenvalue weighted by Gasteiger charge is -2.32. The molecular formula is C20H20FN3O3. The monoisotopic (exact) mass is 369 g/mol. The molecule has 2 aromatic carbocycles. The van der Waals surface area contributed by atoms with Crippen molar-refractivity contribution in [1.82, 2.24) is 10.2 Å². The molecule has 2 aliphatic rings. The largest absolute Gasteiger partial charge is 0.447 e. The Morgan fingerprint density at radius 2 is 2.04 bits per heavy atom. The Balaban J connectivity index is 1.55. The van der Waals surface area contributed by atoms with Gasteiger partial charge in [-0.3, -0.25) is 4.90 Å². The van der Waals surface area contributed by atoms with Crippen LogP contribution in [0.15, 0.2) is 48.5 Å². The van der Waals surface area contributed by atoms with Crippen LogP contribution in [-0.2, 0) is 17.8 Å². The molecule has 0 unspecified atom stereocenters. The number of cyclic esters (lactones) is 1. The molecular weight excluding hydrogens is 349 g/mol. The van der Waals surface area contributed by atoms with Crippen LogP contribution in [0.5, 0.6) is 0 Å². The summed E-state index contributed by atoms with van der Waals surface area (Å²) in [6, 6.07) is 13.6. The van der Waals surface area contributed by atoms with Gasteiger partial charge in [-0.15, -0.1) is 0 Å². The SMILES string of the molecule is O=C(NCc1ccccc1)N1CC[C@H]2COC(=O)N2c2cc(F)ccc2C1. The van der Waals surface area contributed by atoms with Crippen LogP contribution in [0.3, 0.4) is 0 Å². The van der Waals surface area contributed by atoms with Crippen molar-refractivity contribution in [3.8, 4) is 0 Å². The van der Waals surface area contributed by atoms with Crippen molar-refractivity contribution in [3.05, 3.63) is 65.5 Å². The van der Waals surface area contributed by atoms with Crippen LogP contribution in [0.4, 0.5) is 19.7 Å². The number of carbonyl (C=O) groups is 2. The van der Waals surface area contributed by atoms with Gasteiger partial charge in [0, 0.05) is 19.6 Å². The van der Waals surface area contributed by atoms with Crippen molar-refractivity contribution in [2.75, 3.05) is 18.1 Å². The smallest absolute Gasteiger partial charge is 0.414 e. The zero-order valence-electron chi connectivity index (χ0n) is 14.7. The Labute approximate surface area is 156 Å². The summed E-state index contributed by atoms with van der Waals surface area (Å²) in [5, 5.41) is 2.93. The number of urea groups is 1. The Kier molecular flexibility index (Phi) is 4.66. The summed E-state index contributed by atoms with van der Waals surface area (Å²) in [7, 11) is 0. The molecule has 1 N–H and O–H groups in total. The number of nitrogens with zero attached hydrogens (tertiary/aromatic N) is 2. The van der Waals surface area contributed by atoms with E-state index in [9.17, 15) is 14.0 Å². The van der Waals surface area contributed by atoms with Crippen LogP contribution >= 0.6 is 0 Å². The second-order valence-electron chi connectivity index (χ2n) is 6.73. The number of carbonyl (C=O) groups excluding carboxylic acids is 2. The number of amides is 3. The molecule has 0 saturated carbocycles. The van der Waals surface area contributed by atoms with Crippen LogP contribution < -0.4 is 10.2 Å². The summed E-state index contributed by atoms with van der Waals surface area (Å²) in [4.78, 5) is 28.0. The first-order valence-electron chi connectivity index (χ1n) is 8.93. The maximum Gasteiger partial charge on any atom is 0.414 e. The van der Waals surface area contributed by atoms with Crippen LogP contribution in [0.2, 0.25) is 0 Å². The fourth-order valence-corrected chi connectivity index (χ4v) is 3.51. The Hall–Kier alpha value is -3.09. The number of benzene rings is 2. The van der Waals surface area contributed by atoms with E-state index in [1.54, 1.807) is 11.0 Å². The molecule has 140 valence electrons. The second-order valence-corrected chi connectivity index (χ2v) is 6.73. The van der Waals surface area contributed by atoms with E-state index in [1.165, 1.54) is 17.0 Å². The lowest BCUT2D eigenvalue weighted by Crippen LogP contribution is -2.45. The first-order valence-corrected chi connectivity index (χ1v) is 8.93. The molecule has 1 fully saturated rings. The summed E-state index contributed by atoms with van der Waals surface area (Å²) in [5.41, 5.74) is 2.21. The number of hydrogen-bond donors (Lipinski definition) is 1. The van der Waals surface area contributed by atoms with E-state index < -0.39 is 11.9 Å². The first-order chi connectivity index (χ1) is 13.1. The minimum Gasteiger partial charge on any atom is -0.447 e. The highest BCUT2D eigenvalue weighted by Crippen LogP contribution is 2.32. The quantitative estimate of drug-likeness (QED) is 0.884. The third-order valence-electron chi connectivity index (χ3n) is 4.94. The number of hydrogen-bond acceptors (Lipinski definition) is 3. The molecule has 4 rings (SSSR count). The number of halogens is 1. The van der Waals surface area contributed by atoms with E-state index in [0.29, 0.717) is 31.7 Å². The minimum atomic E-state index is -0.464. The van der Waals surface area contributed by atoms with E-state index in [2.05, 4.69) is 5.32 Å². The van der Waals surface area contributed by atoms with Crippen LogP contribution in [0.25, 0.3) is 0 Å². The maximum absolute atomic E-state index is 13.8.